The summed E-state index contributed by atoms with van der Waals surface area (Å²) in [6, 6.07) is 0.244. The van der Waals surface area contributed by atoms with Crippen LogP contribution in [0.4, 0.5) is 0 Å². The molecule has 0 heterocycles. The van der Waals surface area contributed by atoms with E-state index in [0.29, 0.717) is 12.8 Å². The zero-order valence-electron chi connectivity index (χ0n) is 10.2. The molecule has 0 radical (unpaired) electrons. The van der Waals surface area contributed by atoms with E-state index >= 15 is 0 Å². The van der Waals surface area contributed by atoms with Gasteiger partial charge < -0.3 is 10.6 Å². The number of hydrogen-bond acceptors (Lipinski definition) is 2. The zero-order chi connectivity index (χ0) is 12.0. The van der Waals surface area contributed by atoms with E-state index < -0.39 is 0 Å². The number of carbonyl (C=O) groups is 2. The van der Waals surface area contributed by atoms with Crippen LogP contribution in [0.15, 0.2) is 0 Å². The highest BCUT2D eigenvalue weighted by atomic mass is 16.2. The van der Waals surface area contributed by atoms with Crippen molar-refractivity contribution in [2.24, 2.45) is 0 Å². The molecule has 0 aromatic carbocycles. The molecule has 4 heteroatoms. The molecule has 2 N–H and O–H groups in total. The lowest BCUT2D eigenvalue weighted by atomic mass is 9.90. The predicted molar refractivity (Wildman–Crippen MR) is 62.9 cm³/mol. The first-order valence-corrected chi connectivity index (χ1v) is 6.26. The first kappa shape index (κ1) is 13.0. The Morgan fingerprint density at radius 3 is 1.62 bits per heavy atom. The molecular formula is C12H22N2O2. The molecule has 2 atom stereocenters. The van der Waals surface area contributed by atoms with Crippen LogP contribution in [0.2, 0.25) is 0 Å². The van der Waals surface area contributed by atoms with E-state index in [1.165, 1.54) is 0 Å². The monoisotopic (exact) mass is 226 g/mol. The Morgan fingerprint density at radius 2 is 1.31 bits per heavy atom. The largest absolute Gasteiger partial charge is 0.351 e. The van der Waals surface area contributed by atoms with Gasteiger partial charge in [-0.15, -0.1) is 0 Å². The highest BCUT2D eigenvalue weighted by Gasteiger charge is 2.26. The summed E-state index contributed by atoms with van der Waals surface area (Å²) < 4.78 is 0. The summed E-state index contributed by atoms with van der Waals surface area (Å²) in [5.41, 5.74) is 0. The van der Waals surface area contributed by atoms with Crippen LogP contribution in [-0.4, -0.2) is 23.9 Å². The Balaban J connectivity index is 2.49. The summed E-state index contributed by atoms with van der Waals surface area (Å²) in [6.45, 7) is 3.69. The van der Waals surface area contributed by atoms with Crippen LogP contribution >= 0.6 is 0 Å². The fraction of sp³-hybridized carbons (Fsp3) is 0.833. The minimum atomic E-state index is 0.0719. The molecule has 0 aliphatic heterocycles. The zero-order valence-corrected chi connectivity index (χ0v) is 10.2. The molecule has 0 aromatic rings. The van der Waals surface area contributed by atoms with Crippen LogP contribution in [0.3, 0.4) is 0 Å². The molecule has 1 aliphatic rings. The van der Waals surface area contributed by atoms with Gasteiger partial charge in [0.15, 0.2) is 0 Å². The Morgan fingerprint density at radius 1 is 0.938 bits per heavy atom. The van der Waals surface area contributed by atoms with Gasteiger partial charge in [0.1, 0.15) is 0 Å². The number of hydrogen-bond donors (Lipinski definition) is 2. The van der Waals surface area contributed by atoms with Gasteiger partial charge in [-0.05, 0) is 12.8 Å². The average Bonchev–Trinajstić information content (AvgIpc) is 2.31. The quantitative estimate of drug-likeness (QED) is 0.760. The molecular weight excluding hydrogens is 204 g/mol. The molecule has 0 bridgehead atoms. The summed E-state index contributed by atoms with van der Waals surface area (Å²) >= 11 is 0. The lowest BCUT2D eigenvalue weighted by molar-refractivity contribution is -0.124. The van der Waals surface area contributed by atoms with Gasteiger partial charge >= 0.3 is 0 Å². The van der Waals surface area contributed by atoms with Gasteiger partial charge in [0.25, 0.3) is 0 Å². The molecule has 92 valence electrons. The molecule has 1 fully saturated rings. The maximum Gasteiger partial charge on any atom is 0.220 e. The Bertz CT molecular complexity index is 227. The van der Waals surface area contributed by atoms with Gasteiger partial charge in [-0.1, -0.05) is 26.7 Å². The van der Waals surface area contributed by atoms with Crippen molar-refractivity contribution in [2.45, 2.75) is 64.5 Å². The van der Waals surface area contributed by atoms with Crippen molar-refractivity contribution in [3.05, 3.63) is 0 Å². The minimum Gasteiger partial charge on any atom is -0.351 e. The summed E-state index contributed by atoms with van der Waals surface area (Å²) in [7, 11) is 0. The van der Waals surface area contributed by atoms with Crippen LogP contribution in [-0.2, 0) is 9.59 Å². The third-order valence-electron chi connectivity index (χ3n) is 3.10. The summed E-state index contributed by atoms with van der Waals surface area (Å²) in [5, 5.41) is 5.99. The molecule has 2 unspecified atom stereocenters. The molecule has 1 rings (SSSR count). The van der Waals surface area contributed by atoms with Crippen molar-refractivity contribution in [1.29, 1.82) is 0 Å². The minimum absolute atomic E-state index is 0.0719. The van der Waals surface area contributed by atoms with E-state index in [9.17, 15) is 9.59 Å². The SMILES string of the molecule is CCC(=O)NC1CCCCC1NC(=O)CC. The molecule has 0 aromatic heterocycles. The van der Waals surface area contributed by atoms with Gasteiger partial charge in [0.05, 0.1) is 0 Å². The number of nitrogens with one attached hydrogen (secondary N) is 2. The van der Waals surface area contributed by atoms with Gasteiger partial charge in [-0.25, -0.2) is 0 Å². The Hall–Kier alpha value is -1.06. The van der Waals surface area contributed by atoms with Crippen molar-refractivity contribution < 1.29 is 9.59 Å². The van der Waals surface area contributed by atoms with Crippen molar-refractivity contribution in [2.75, 3.05) is 0 Å². The molecule has 2 amide bonds. The highest BCUT2D eigenvalue weighted by Crippen LogP contribution is 2.18. The molecule has 1 aliphatic carbocycles. The maximum atomic E-state index is 11.4. The van der Waals surface area contributed by atoms with Gasteiger partial charge in [-0.3, -0.25) is 9.59 Å². The first-order chi connectivity index (χ1) is 7.67. The molecule has 4 nitrogen and oxygen atoms in total. The lowest BCUT2D eigenvalue weighted by Crippen LogP contribution is -2.53. The molecule has 1 saturated carbocycles. The van der Waals surface area contributed by atoms with Crippen LogP contribution in [0.5, 0.6) is 0 Å². The van der Waals surface area contributed by atoms with E-state index in [-0.39, 0.29) is 23.9 Å². The average molecular weight is 226 g/mol. The summed E-state index contributed by atoms with van der Waals surface area (Å²) in [6.07, 6.45) is 5.22. The number of amides is 2. The second-order valence-electron chi connectivity index (χ2n) is 4.34. The normalized spacial score (nSPS) is 24.9. The molecule has 16 heavy (non-hydrogen) atoms. The fourth-order valence-corrected chi connectivity index (χ4v) is 2.09. The van der Waals surface area contributed by atoms with E-state index in [1.807, 2.05) is 13.8 Å². The fourth-order valence-electron chi connectivity index (χ4n) is 2.09. The molecule has 0 saturated heterocycles. The Kier molecular flexibility index (Phi) is 5.29. The lowest BCUT2D eigenvalue weighted by Gasteiger charge is -2.32. The second-order valence-corrected chi connectivity index (χ2v) is 4.34. The number of carbonyl (C=O) groups excluding carboxylic acids is 2. The van der Waals surface area contributed by atoms with Crippen LogP contribution in [0.25, 0.3) is 0 Å². The van der Waals surface area contributed by atoms with Gasteiger partial charge in [-0.2, -0.15) is 0 Å². The Labute approximate surface area is 97.2 Å². The second kappa shape index (κ2) is 6.51. The molecule has 0 spiro atoms. The summed E-state index contributed by atoms with van der Waals surface area (Å²) in [4.78, 5) is 22.7. The topological polar surface area (TPSA) is 58.2 Å². The smallest absolute Gasteiger partial charge is 0.220 e. The first-order valence-electron chi connectivity index (χ1n) is 6.26. The summed E-state index contributed by atoms with van der Waals surface area (Å²) in [5.74, 6) is 0.144. The third kappa shape index (κ3) is 3.83. The van der Waals surface area contributed by atoms with Crippen LogP contribution < -0.4 is 10.6 Å². The van der Waals surface area contributed by atoms with E-state index in [1.54, 1.807) is 0 Å². The van der Waals surface area contributed by atoms with E-state index in [2.05, 4.69) is 10.6 Å². The predicted octanol–water partition coefficient (Wildman–Crippen LogP) is 1.35. The van der Waals surface area contributed by atoms with Crippen molar-refractivity contribution in [3.63, 3.8) is 0 Å². The van der Waals surface area contributed by atoms with Crippen LogP contribution in [0, 0.1) is 0 Å². The van der Waals surface area contributed by atoms with Gasteiger partial charge in [0, 0.05) is 24.9 Å². The number of rotatable bonds is 4. The van der Waals surface area contributed by atoms with Crippen molar-refractivity contribution in [1.82, 2.24) is 10.6 Å². The third-order valence-corrected chi connectivity index (χ3v) is 3.10. The highest BCUT2D eigenvalue weighted by molar-refractivity contribution is 5.77. The standard InChI is InChI=1S/C12H22N2O2/c1-3-11(15)13-9-7-5-6-8-10(9)14-12(16)4-2/h9-10H,3-8H2,1-2H3,(H,13,15)(H,14,16). The van der Waals surface area contributed by atoms with Crippen LogP contribution in [0.1, 0.15) is 52.4 Å². The van der Waals surface area contributed by atoms with Crippen molar-refractivity contribution >= 4 is 11.8 Å². The maximum absolute atomic E-state index is 11.4. The van der Waals surface area contributed by atoms with Crippen molar-refractivity contribution in [3.8, 4) is 0 Å². The van der Waals surface area contributed by atoms with E-state index in [0.717, 1.165) is 25.7 Å². The van der Waals surface area contributed by atoms with E-state index in [4.69, 9.17) is 0 Å². The van der Waals surface area contributed by atoms with Gasteiger partial charge in [0.2, 0.25) is 11.8 Å².